The Morgan fingerprint density at radius 3 is 1.84 bits per heavy atom. The third kappa shape index (κ3) is 2.85. The number of aliphatic carboxylic acids is 2. The van der Waals surface area contributed by atoms with E-state index in [0.29, 0.717) is 0 Å². The summed E-state index contributed by atoms with van der Waals surface area (Å²) in [5.41, 5.74) is -5.50. The van der Waals surface area contributed by atoms with Crippen LogP contribution in [0, 0.1) is 0 Å². The SMILES string of the molecule is COC(C(=O)O)(c1ccccc1)C(C=O)(Oc1ccccc1)C(=O)O. The van der Waals surface area contributed by atoms with Gasteiger partial charge >= 0.3 is 17.5 Å². The fourth-order valence-electron chi connectivity index (χ4n) is 2.62. The Morgan fingerprint density at radius 1 is 0.920 bits per heavy atom. The van der Waals surface area contributed by atoms with Gasteiger partial charge in [-0.1, -0.05) is 48.5 Å². The first-order chi connectivity index (χ1) is 11.9. The van der Waals surface area contributed by atoms with Crippen molar-refractivity contribution in [2.75, 3.05) is 7.11 Å². The number of benzene rings is 2. The number of rotatable bonds is 8. The van der Waals surface area contributed by atoms with E-state index in [1.807, 2.05) is 0 Å². The second kappa shape index (κ2) is 7.14. The zero-order valence-electron chi connectivity index (χ0n) is 13.3. The average Bonchev–Trinajstić information content (AvgIpc) is 2.63. The van der Waals surface area contributed by atoms with Crippen molar-refractivity contribution in [3.05, 3.63) is 66.2 Å². The van der Waals surface area contributed by atoms with Crippen LogP contribution in [-0.2, 0) is 24.7 Å². The molecule has 0 aliphatic heterocycles. The molecule has 0 aliphatic carbocycles. The number of ether oxygens (including phenoxy) is 2. The maximum atomic E-state index is 12.1. The number of methoxy groups -OCH3 is 1. The van der Waals surface area contributed by atoms with E-state index in [2.05, 4.69) is 0 Å². The predicted octanol–water partition coefficient (Wildman–Crippen LogP) is 1.71. The van der Waals surface area contributed by atoms with Crippen molar-refractivity contribution in [2.24, 2.45) is 0 Å². The Hall–Kier alpha value is -3.19. The molecule has 2 rings (SSSR count). The molecule has 2 aromatic carbocycles. The number of carbonyl (C=O) groups excluding carboxylic acids is 1. The highest BCUT2D eigenvalue weighted by molar-refractivity contribution is 6.05. The second-order valence-corrected chi connectivity index (χ2v) is 5.13. The van der Waals surface area contributed by atoms with Crippen molar-refractivity contribution in [3.8, 4) is 5.75 Å². The molecule has 0 aliphatic rings. The topological polar surface area (TPSA) is 110 Å². The summed E-state index contributed by atoms with van der Waals surface area (Å²) in [6.07, 6.45) is -0.0625. The van der Waals surface area contributed by atoms with Crippen LogP contribution < -0.4 is 4.74 Å². The number of aldehydes is 1. The van der Waals surface area contributed by atoms with Gasteiger partial charge < -0.3 is 19.7 Å². The van der Waals surface area contributed by atoms with Gasteiger partial charge in [-0.05, 0) is 12.1 Å². The van der Waals surface area contributed by atoms with E-state index in [0.717, 1.165) is 7.11 Å². The average molecular weight is 344 g/mol. The van der Waals surface area contributed by atoms with E-state index in [1.165, 1.54) is 36.4 Å². The Morgan fingerprint density at radius 2 is 1.44 bits per heavy atom. The Kier molecular flexibility index (Phi) is 5.19. The van der Waals surface area contributed by atoms with Crippen LogP contribution in [0.3, 0.4) is 0 Å². The molecule has 0 fully saturated rings. The number of carbonyl (C=O) groups is 3. The van der Waals surface area contributed by atoms with Crippen LogP contribution in [0.25, 0.3) is 0 Å². The maximum Gasteiger partial charge on any atom is 0.359 e. The minimum atomic E-state index is -2.85. The lowest BCUT2D eigenvalue weighted by molar-refractivity contribution is -0.206. The summed E-state index contributed by atoms with van der Waals surface area (Å²) < 4.78 is 10.6. The van der Waals surface area contributed by atoms with E-state index in [4.69, 9.17) is 9.47 Å². The van der Waals surface area contributed by atoms with Gasteiger partial charge in [0.15, 0.2) is 6.29 Å². The highest BCUT2D eigenvalue weighted by Gasteiger charge is 2.67. The Labute approximate surface area is 143 Å². The van der Waals surface area contributed by atoms with Gasteiger partial charge in [-0.15, -0.1) is 0 Å². The third-order valence-electron chi connectivity index (χ3n) is 3.82. The monoisotopic (exact) mass is 344 g/mol. The lowest BCUT2D eigenvalue weighted by Crippen LogP contribution is -2.66. The van der Waals surface area contributed by atoms with Crippen molar-refractivity contribution in [1.29, 1.82) is 0 Å². The van der Waals surface area contributed by atoms with Crippen molar-refractivity contribution in [1.82, 2.24) is 0 Å². The van der Waals surface area contributed by atoms with Crippen LogP contribution in [0.15, 0.2) is 60.7 Å². The highest BCUT2D eigenvalue weighted by Crippen LogP contribution is 2.39. The lowest BCUT2D eigenvalue weighted by Gasteiger charge is -2.40. The number of carboxylic acids is 2. The molecule has 2 aromatic rings. The molecule has 0 amide bonds. The quantitative estimate of drug-likeness (QED) is 0.554. The van der Waals surface area contributed by atoms with Gasteiger partial charge in [0.1, 0.15) is 5.75 Å². The predicted molar refractivity (Wildman–Crippen MR) is 86.3 cm³/mol. The highest BCUT2D eigenvalue weighted by atomic mass is 16.6. The van der Waals surface area contributed by atoms with Gasteiger partial charge in [0.25, 0.3) is 0 Å². The van der Waals surface area contributed by atoms with Crippen molar-refractivity contribution in [2.45, 2.75) is 11.2 Å². The third-order valence-corrected chi connectivity index (χ3v) is 3.82. The van der Waals surface area contributed by atoms with Crippen molar-refractivity contribution < 1.29 is 34.1 Å². The van der Waals surface area contributed by atoms with Gasteiger partial charge in [0, 0.05) is 12.7 Å². The number of hydrogen-bond donors (Lipinski definition) is 2. The maximum absolute atomic E-state index is 12.1. The molecule has 25 heavy (non-hydrogen) atoms. The van der Waals surface area contributed by atoms with Crippen LogP contribution in [0.5, 0.6) is 5.75 Å². The van der Waals surface area contributed by atoms with E-state index in [1.54, 1.807) is 24.3 Å². The zero-order chi connectivity index (χ0) is 18.5. The summed E-state index contributed by atoms with van der Waals surface area (Å²) in [6.45, 7) is 0. The van der Waals surface area contributed by atoms with E-state index >= 15 is 0 Å². The van der Waals surface area contributed by atoms with Crippen molar-refractivity contribution >= 4 is 18.2 Å². The molecule has 2 N–H and O–H groups in total. The second-order valence-electron chi connectivity index (χ2n) is 5.13. The van der Waals surface area contributed by atoms with Crippen LogP contribution in [0.4, 0.5) is 0 Å². The standard InChI is InChI=1S/C18H16O7/c1-24-18(16(22)23,13-8-4-2-5-9-13)17(12-19,15(20)21)25-14-10-6-3-7-11-14/h2-12H,1H3,(H,20,21)(H,22,23). The molecule has 130 valence electrons. The van der Waals surface area contributed by atoms with Crippen LogP contribution >= 0.6 is 0 Å². The molecular weight excluding hydrogens is 328 g/mol. The molecule has 0 spiro atoms. The number of hydrogen-bond acceptors (Lipinski definition) is 5. The summed E-state index contributed by atoms with van der Waals surface area (Å²) in [5, 5.41) is 19.6. The van der Waals surface area contributed by atoms with Crippen molar-refractivity contribution in [3.63, 3.8) is 0 Å². The molecule has 0 radical (unpaired) electrons. The molecule has 2 atom stereocenters. The van der Waals surface area contributed by atoms with E-state index in [9.17, 15) is 24.6 Å². The molecule has 2 unspecified atom stereocenters. The summed E-state index contributed by atoms with van der Waals surface area (Å²) in [7, 11) is 1.01. The van der Waals surface area contributed by atoms with Gasteiger partial charge in [-0.3, -0.25) is 4.79 Å². The smallest absolute Gasteiger partial charge is 0.359 e. The molecule has 0 saturated heterocycles. The van der Waals surface area contributed by atoms with Crippen LogP contribution in [-0.4, -0.2) is 41.1 Å². The first-order valence-corrected chi connectivity index (χ1v) is 7.22. The van der Waals surface area contributed by atoms with Gasteiger partial charge in [-0.2, -0.15) is 0 Å². The van der Waals surface area contributed by atoms with Crippen LogP contribution in [0.1, 0.15) is 5.56 Å². The zero-order valence-corrected chi connectivity index (χ0v) is 13.3. The summed E-state index contributed by atoms with van der Waals surface area (Å²) in [5.74, 6) is -3.46. The number of carboxylic acid groups (broad SMARTS) is 2. The minimum absolute atomic E-state index is 0.00982. The normalized spacial score (nSPS) is 15.4. The molecule has 0 heterocycles. The molecular formula is C18H16O7. The van der Waals surface area contributed by atoms with E-state index < -0.39 is 23.1 Å². The fraction of sp³-hybridized carbons (Fsp3) is 0.167. The Bertz CT molecular complexity index is 760. The molecule has 7 heteroatoms. The first-order valence-electron chi connectivity index (χ1n) is 7.22. The largest absolute Gasteiger partial charge is 0.479 e. The first kappa shape index (κ1) is 18.2. The minimum Gasteiger partial charge on any atom is -0.479 e. The molecule has 7 nitrogen and oxygen atoms in total. The summed E-state index contributed by atoms with van der Waals surface area (Å²) in [6, 6.07) is 14.9. The summed E-state index contributed by atoms with van der Waals surface area (Å²) in [4.78, 5) is 36.1. The van der Waals surface area contributed by atoms with Gasteiger partial charge in [0.2, 0.25) is 5.60 Å². The fourth-order valence-corrected chi connectivity index (χ4v) is 2.62. The molecule has 0 saturated carbocycles. The van der Waals surface area contributed by atoms with Crippen LogP contribution in [0.2, 0.25) is 0 Å². The van der Waals surface area contributed by atoms with E-state index in [-0.39, 0.29) is 17.6 Å². The summed E-state index contributed by atoms with van der Waals surface area (Å²) >= 11 is 0. The molecule has 0 bridgehead atoms. The lowest BCUT2D eigenvalue weighted by atomic mass is 9.77. The Balaban J connectivity index is 2.77. The molecule has 0 aromatic heterocycles. The van der Waals surface area contributed by atoms with Gasteiger partial charge in [-0.25, -0.2) is 9.59 Å². The van der Waals surface area contributed by atoms with Gasteiger partial charge in [0.05, 0.1) is 0 Å². The number of para-hydroxylation sites is 1.